The summed E-state index contributed by atoms with van der Waals surface area (Å²) in [7, 11) is 1.50. The van der Waals surface area contributed by atoms with Crippen molar-refractivity contribution in [1.29, 1.82) is 0 Å². The Balaban J connectivity index is 0.00000161. The first-order valence-corrected chi connectivity index (χ1v) is 14.0. The predicted octanol–water partition coefficient (Wildman–Crippen LogP) is 1.54. The fourth-order valence-corrected chi connectivity index (χ4v) is 6.26. The Morgan fingerprint density at radius 2 is 1.73 bits per heavy atom. The number of aliphatic carboxylic acids is 1. The number of carbonyl (C=O) groups excluding carboxylic acids is 3. The normalized spacial score (nSPS) is 22.0. The van der Waals surface area contributed by atoms with Gasteiger partial charge in [-0.3, -0.25) is 9.79 Å². The van der Waals surface area contributed by atoms with Crippen LogP contribution in [0.25, 0.3) is 0 Å². The van der Waals surface area contributed by atoms with Crippen molar-refractivity contribution in [2.24, 2.45) is 22.6 Å². The van der Waals surface area contributed by atoms with Gasteiger partial charge in [-0.25, -0.2) is 4.39 Å². The molecule has 218 valence electrons. The third-order valence-corrected chi connectivity index (χ3v) is 7.65. The van der Waals surface area contributed by atoms with Crippen LogP contribution in [0, 0.1) is 24.6 Å². The van der Waals surface area contributed by atoms with E-state index in [4.69, 9.17) is 9.79 Å². The molecule has 0 saturated heterocycles. The van der Waals surface area contributed by atoms with E-state index >= 15 is 4.39 Å². The number of aryl methyl sites for hydroxylation is 2. The van der Waals surface area contributed by atoms with E-state index in [0.29, 0.717) is 23.8 Å². The summed E-state index contributed by atoms with van der Waals surface area (Å²) < 4.78 is 15.2. The van der Waals surface area contributed by atoms with E-state index in [2.05, 4.69) is 26.5 Å². The summed E-state index contributed by atoms with van der Waals surface area (Å²) >= 11 is 0. The van der Waals surface area contributed by atoms with Crippen LogP contribution in [0.5, 0.6) is 0 Å². The van der Waals surface area contributed by atoms with E-state index in [-0.39, 0.29) is 65.0 Å². The van der Waals surface area contributed by atoms with Gasteiger partial charge in [0.2, 0.25) is 0 Å². The monoisotopic (exact) mass is 575 g/mol. The topological polar surface area (TPSA) is 116 Å². The molecule has 41 heavy (non-hydrogen) atoms. The van der Waals surface area contributed by atoms with Gasteiger partial charge in [0, 0.05) is 11.5 Å². The summed E-state index contributed by atoms with van der Waals surface area (Å²) in [6.45, 7) is 10.2. The third-order valence-electron chi connectivity index (χ3n) is 7.65. The molecule has 2 aliphatic rings. The Labute approximate surface area is 266 Å². The van der Waals surface area contributed by atoms with Crippen LogP contribution in [-0.4, -0.2) is 42.0 Å². The Bertz CT molecular complexity index is 1180. The molecule has 4 rings (SSSR count). The van der Waals surface area contributed by atoms with Crippen molar-refractivity contribution >= 4 is 24.4 Å². The Morgan fingerprint density at radius 3 is 2.27 bits per heavy atom. The zero-order chi connectivity index (χ0) is 30.0. The van der Waals surface area contributed by atoms with E-state index in [9.17, 15) is 14.7 Å². The van der Waals surface area contributed by atoms with Crippen LogP contribution >= 0.6 is 0 Å². The molecule has 2 N–H and O–H groups in total. The second-order valence-electron chi connectivity index (χ2n) is 10.8. The number of benzene rings is 2. The number of carbonyl (C=O) groups is 3. The number of hydrogen-bond acceptors (Lipinski definition) is 6. The van der Waals surface area contributed by atoms with Crippen LogP contribution in [-0.2, 0) is 20.8 Å². The fraction of sp³-hybridized carbons (Fsp3) is 0.500. The van der Waals surface area contributed by atoms with Crippen molar-refractivity contribution in [2.75, 3.05) is 7.05 Å². The second-order valence-corrected chi connectivity index (χ2v) is 10.8. The molecule has 1 aliphatic carbocycles. The summed E-state index contributed by atoms with van der Waals surface area (Å²) in [5.74, 6) is -0.878. The molecule has 0 bridgehead atoms. The minimum Gasteiger partial charge on any atom is -0.550 e. The maximum absolute atomic E-state index is 15.2. The van der Waals surface area contributed by atoms with Crippen LogP contribution < -0.4 is 40.4 Å². The van der Waals surface area contributed by atoms with Crippen molar-refractivity contribution in [1.82, 2.24) is 4.90 Å². The van der Waals surface area contributed by atoms with E-state index in [1.54, 1.807) is 25.1 Å². The minimum atomic E-state index is -1.07. The first kappa shape index (κ1) is 36.6. The standard InChI is InChI=1S/C30H37FN2O3.CH5N.CH2O.Na/c1-5-7-25(23-13-10-22(11-14-23)12-15-26(34)35)33-29(36)28(24-9-6-8-21(4)27(24)31)32-30(33)17-19(2)16-20(3)18-30;2*1-2;/h6,8-11,13-14,19-20,25H,5,7,12,15-18H2,1-4H3,(H,34,35);2H2,1H3;1H2;/q;;;+1/p-1. The molecule has 3 unspecified atom stereocenters. The van der Waals surface area contributed by atoms with Crippen molar-refractivity contribution in [3.05, 3.63) is 70.5 Å². The van der Waals surface area contributed by atoms with Gasteiger partial charge in [0.1, 0.15) is 24.0 Å². The van der Waals surface area contributed by atoms with Gasteiger partial charge in [0.25, 0.3) is 5.91 Å². The summed E-state index contributed by atoms with van der Waals surface area (Å²) in [6, 6.07) is 12.8. The number of aliphatic imine (C=N–C) groups is 1. The van der Waals surface area contributed by atoms with Crippen LogP contribution in [0.3, 0.4) is 0 Å². The van der Waals surface area contributed by atoms with E-state index in [0.717, 1.165) is 43.2 Å². The van der Waals surface area contributed by atoms with Crippen molar-refractivity contribution < 1.29 is 53.4 Å². The largest absolute Gasteiger partial charge is 1.00 e. The number of nitrogens with zero attached hydrogens (tertiary/aromatic N) is 2. The molecular weight excluding hydrogens is 532 g/mol. The molecule has 1 amide bonds. The average molecular weight is 576 g/mol. The molecule has 2 aromatic carbocycles. The van der Waals surface area contributed by atoms with E-state index in [1.807, 2.05) is 36.0 Å². The zero-order valence-electron chi connectivity index (χ0n) is 25.4. The molecule has 0 radical (unpaired) electrons. The number of amides is 1. The van der Waals surface area contributed by atoms with E-state index < -0.39 is 11.6 Å². The van der Waals surface area contributed by atoms with Crippen LogP contribution in [0.2, 0.25) is 0 Å². The molecule has 1 saturated carbocycles. The first-order chi connectivity index (χ1) is 19.1. The number of hydrogen-bond donors (Lipinski definition) is 1. The molecule has 0 aromatic heterocycles. The van der Waals surface area contributed by atoms with Crippen molar-refractivity contribution in [2.45, 2.75) is 84.3 Å². The van der Waals surface area contributed by atoms with Gasteiger partial charge in [-0.2, -0.15) is 0 Å². The minimum absolute atomic E-state index is 0. The van der Waals surface area contributed by atoms with Gasteiger partial charge in [0.15, 0.2) is 0 Å². The molecule has 1 aliphatic heterocycles. The summed E-state index contributed by atoms with van der Waals surface area (Å²) in [6.07, 6.45) is 4.60. The van der Waals surface area contributed by atoms with Gasteiger partial charge in [-0.05, 0) is 87.1 Å². The predicted molar refractivity (Wildman–Crippen MR) is 154 cm³/mol. The van der Waals surface area contributed by atoms with Crippen molar-refractivity contribution in [3.8, 4) is 0 Å². The number of nitrogens with two attached hydrogens (primary N) is 1. The van der Waals surface area contributed by atoms with Gasteiger partial charge in [0.05, 0.1) is 6.04 Å². The second kappa shape index (κ2) is 16.9. The Morgan fingerprint density at radius 1 is 1.15 bits per heavy atom. The zero-order valence-corrected chi connectivity index (χ0v) is 27.4. The van der Waals surface area contributed by atoms with Crippen LogP contribution in [0.15, 0.2) is 47.5 Å². The number of carboxylic acids is 1. The van der Waals surface area contributed by atoms with E-state index in [1.165, 1.54) is 7.05 Å². The quantitative estimate of drug-likeness (QED) is 0.480. The Hall–Kier alpha value is -2.39. The molecule has 1 fully saturated rings. The molecule has 7 nitrogen and oxygen atoms in total. The molecule has 2 aromatic rings. The molecule has 1 heterocycles. The smallest absolute Gasteiger partial charge is 0.550 e. The first-order valence-electron chi connectivity index (χ1n) is 14.0. The maximum Gasteiger partial charge on any atom is 1.00 e. The summed E-state index contributed by atoms with van der Waals surface area (Å²) in [5, 5.41) is 10.9. The van der Waals surface area contributed by atoms with Gasteiger partial charge >= 0.3 is 29.6 Å². The molecular formula is C32H43FN3NaO4. The number of halogens is 1. The van der Waals surface area contributed by atoms with Gasteiger partial charge in [-0.15, -0.1) is 0 Å². The van der Waals surface area contributed by atoms with Gasteiger partial charge < -0.3 is 25.3 Å². The average Bonchev–Trinajstić information content (AvgIpc) is 3.19. The van der Waals surface area contributed by atoms with Crippen LogP contribution in [0.4, 0.5) is 4.39 Å². The fourth-order valence-electron chi connectivity index (χ4n) is 6.26. The molecule has 3 atom stereocenters. The van der Waals surface area contributed by atoms with Crippen LogP contribution in [0.1, 0.15) is 87.6 Å². The van der Waals surface area contributed by atoms with Crippen molar-refractivity contribution in [3.63, 3.8) is 0 Å². The van der Waals surface area contributed by atoms with Gasteiger partial charge in [-0.1, -0.05) is 63.6 Å². The Kier molecular flexibility index (Phi) is 15.1. The maximum atomic E-state index is 15.2. The molecule has 9 heteroatoms. The number of carboxylic acid groups (broad SMARTS) is 1. The molecule has 1 spiro atoms. The SMILES string of the molecule is C=O.CCCC(c1ccc(CCC(=O)[O-])cc1)N1C(=O)C(c2cccc(C)c2F)=NC12CC(C)CC(C)C2.CN.[Na+]. The third kappa shape index (κ3) is 8.57. The summed E-state index contributed by atoms with van der Waals surface area (Å²) in [4.78, 5) is 40.1. The summed E-state index contributed by atoms with van der Waals surface area (Å²) in [5.41, 5.74) is 6.71. The number of rotatable bonds is 8.